The Hall–Kier alpha value is -3.00. The molecule has 2 heterocycles. The lowest BCUT2D eigenvalue weighted by Crippen LogP contribution is -2.25. The lowest BCUT2D eigenvalue weighted by molar-refractivity contribution is 0.340. The molecular weight excluding hydrogens is 370 g/mol. The van der Waals surface area contributed by atoms with Crippen molar-refractivity contribution in [2.75, 3.05) is 0 Å². The molecule has 0 aliphatic heterocycles. The summed E-state index contributed by atoms with van der Waals surface area (Å²) in [4.78, 5) is 4.49. The van der Waals surface area contributed by atoms with E-state index >= 15 is 0 Å². The van der Waals surface area contributed by atoms with Gasteiger partial charge in [-0.3, -0.25) is 0 Å². The van der Waals surface area contributed by atoms with Crippen molar-refractivity contribution >= 4 is 12.6 Å². The van der Waals surface area contributed by atoms with Crippen molar-refractivity contribution in [2.45, 2.75) is 37.9 Å². The molecule has 2 aromatic heterocycles. The van der Waals surface area contributed by atoms with Gasteiger partial charge in [0.1, 0.15) is 5.82 Å². The maximum absolute atomic E-state index is 4.49. The van der Waals surface area contributed by atoms with Gasteiger partial charge in [0, 0.05) is 12.0 Å². The summed E-state index contributed by atoms with van der Waals surface area (Å²) in [6.45, 7) is 6.32. The zero-order valence-electron chi connectivity index (χ0n) is 16.0. The Kier molecular flexibility index (Phi) is 4.72. The maximum Gasteiger partial charge on any atom is 0.205 e. The molecule has 4 rings (SSSR count). The number of nitrogens with zero attached hydrogens (tertiary/aromatic N) is 6. The first kappa shape index (κ1) is 18.4. The lowest BCUT2D eigenvalue weighted by atomic mass is 9.97. The van der Waals surface area contributed by atoms with Crippen LogP contribution in [0.3, 0.4) is 0 Å². The molecule has 1 N–H and O–H groups in total. The van der Waals surface area contributed by atoms with Crippen LogP contribution in [0.4, 0.5) is 0 Å². The lowest BCUT2D eigenvalue weighted by Gasteiger charge is -2.21. The fraction of sp³-hybridized carbons (Fsp3) is 0.250. The molecule has 0 spiro atoms. The highest BCUT2D eigenvalue weighted by Crippen LogP contribution is 2.30. The van der Waals surface area contributed by atoms with Crippen LogP contribution in [0, 0.1) is 0 Å². The molecule has 0 fully saturated rings. The van der Waals surface area contributed by atoms with Crippen LogP contribution in [0.1, 0.15) is 32.2 Å². The summed E-state index contributed by atoms with van der Waals surface area (Å²) in [6.07, 6.45) is 0.693. The quantitative estimate of drug-likeness (QED) is 0.518. The van der Waals surface area contributed by atoms with Crippen LogP contribution in [0.15, 0.2) is 53.7 Å². The summed E-state index contributed by atoms with van der Waals surface area (Å²) in [5, 5.41) is 19.2. The second-order valence-electron chi connectivity index (χ2n) is 7.58. The molecule has 142 valence electrons. The molecular formula is C20H21N7S. The number of nitrogens with one attached hydrogen (secondary N) is 1. The third kappa shape index (κ3) is 3.68. The summed E-state index contributed by atoms with van der Waals surface area (Å²) in [5.74, 6) is 1.55. The SMILES string of the molecule is CC(C)(C)n1nc(S)nc1Cc1ccc(-c2ccccc2-c2nnn[nH]2)cc1. The van der Waals surface area contributed by atoms with Crippen LogP contribution >= 0.6 is 12.6 Å². The van der Waals surface area contributed by atoms with E-state index in [1.54, 1.807) is 0 Å². The van der Waals surface area contributed by atoms with Crippen molar-refractivity contribution in [3.05, 3.63) is 59.9 Å². The summed E-state index contributed by atoms with van der Waals surface area (Å²) in [6, 6.07) is 16.5. The van der Waals surface area contributed by atoms with Gasteiger partial charge in [0.05, 0.1) is 5.54 Å². The Bertz CT molecular complexity index is 1080. The van der Waals surface area contributed by atoms with E-state index in [0.717, 1.165) is 28.1 Å². The number of aromatic amines is 1. The number of thiol groups is 1. The van der Waals surface area contributed by atoms with Crippen molar-refractivity contribution < 1.29 is 0 Å². The summed E-state index contributed by atoms with van der Waals surface area (Å²) >= 11 is 4.32. The van der Waals surface area contributed by atoms with Gasteiger partial charge < -0.3 is 0 Å². The molecule has 28 heavy (non-hydrogen) atoms. The van der Waals surface area contributed by atoms with Crippen LogP contribution in [0.25, 0.3) is 22.5 Å². The molecule has 0 aliphatic rings. The number of H-pyrrole nitrogens is 1. The van der Waals surface area contributed by atoms with Crippen molar-refractivity contribution in [3.63, 3.8) is 0 Å². The largest absolute Gasteiger partial charge is 0.243 e. The minimum atomic E-state index is -0.146. The van der Waals surface area contributed by atoms with Gasteiger partial charge in [-0.25, -0.2) is 14.8 Å². The van der Waals surface area contributed by atoms with Gasteiger partial charge in [0.2, 0.25) is 5.16 Å². The first-order valence-electron chi connectivity index (χ1n) is 8.99. The summed E-state index contributed by atoms with van der Waals surface area (Å²) in [5.41, 5.74) is 4.15. The van der Waals surface area contributed by atoms with Crippen molar-refractivity contribution in [1.29, 1.82) is 0 Å². The minimum Gasteiger partial charge on any atom is -0.243 e. The highest BCUT2D eigenvalue weighted by Gasteiger charge is 2.20. The highest BCUT2D eigenvalue weighted by molar-refractivity contribution is 7.80. The Morgan fingerprint density at radius 1 is 1.00 bits per heavy atom. The predicted molar refractivity (Wildman–Crippen MR) is 110 cm³/mol. The monoisotopic (exact) mass is 391 g/mol. The van der Waals surface area contributed by atoms with E-state index in [1.807, 2.05) is 22.9 Å². The van der Waals surface area contributed by atoms with Crippen LogP contribution in [0.5, 0.6) is 0 Å². The summed E-state index contributed by atoms with van der Waals surface area (Å²) in [7, 11) is 0. The van der Waals surface area contributed by atoms with E-state index in [2.05, 4.69) is 94.4 Å². The van der Waals surface area contributed by atoms with Gasteiger partial charge in [-0.15, -0.1) is 22.8 Å². The molecule has 0 atom stereocenters. The number of hydrogen-bond donors (Lipinski definition) is 2. The smallest absolute Gasteiger partial charge is 0.205 e. The number of benzene rings is 2. The average Bonchev–Trinajstić information content (AvgIpc) is 3.32. The van der Waals surface area contributed by atoms with E-state index < -0.39 is 0 Å². The number of hydrogen-bond acceptors (Lipinski definition) is 6. The molecule has 0 unspecified atom stereocenters. The maximum atomic E-state index is 4.49. The van der Waals surface area contributed by atoms with Crippen molar-refractivity contribution in [2.24, 2.45) is 0 Å². The molecule has 0 saturated carbocycles. The zero-order valence-corrected chi connectivity index (χ0v) is 16.9. The molecule has 0 bridgehead atoms. The molecule has 2 aromatic carbocycles. The van der Waals surface area contributed by atoms with Crippen LogP contribution in [-0.2, 0) is 12.0 Å². The van der Waals surface area contributed by atoms with Crippen LogP contribution < -0.4 is 0 Å². The Balaban J connectivity index is 1.63. The minimum absolute atomic E-state index is 0.146. The van der Waals surface area contributed by atoms with Gasteiger partial charge in [-0.1, -0.05) is 48.5 Å². The number of rotatable bonds is 4. The van der Waals surface area contributed by atoms with Crippen LogP contribution in [-0.4, -0.2) is 35.4 Å². The first-order valence-corrected chi connectivity index (χ1v) is 9.44. The molecule has 0 saturated heterocycles. The molecule has 8 heteroatoms. The molecule has 7 nitrogen and oxygen atoms in total. The highest BCUT2D eigenvalue weighted by atomic mass is 32.1. The third-order valence-electron chi connectivity index (χ3n) is 4.45. The fourth-order valence-electron chi connectivity index (χ4n) is 3.18. The van der Waals surface area contributed by atoms with E-state index in [4.69, 9.17) is 0 Å². The Labute approximate surface area is 168 Å². The average molecular weight is 392 g/mol. The second kappa shape index (κ2) is 7.20. The van der Waals surface area contributed by atoms with Gasteiger partial charge in [0.25, 0.3) is 0 Å². The predicted octanol–water partition coefficient (Wildman–Crippen LogP) is 3.76. The van der Waals surface area contributed by atoms with Gasteiger partial charge in [-0.05, 0) is 47.9 Å². The zero-order chi connectivity index (χ0) is 19.7. The summed E-state index contributed by atoms with van der Waals surface area (Å²) < 4.78 is 1.94. The van der Waals surface area contributed by atoms with Gasteiger partial charge >= 0.3 is 0 Å². The number of tetrazole rings is 1. The molecule has 4 aromatic rings. The molecule has 0 aliphatic carbocycles. The normalized spacial score (nSPS) is 11.7. The molecule has 0 amide bonds. The first-order chi connectivity index (χ1) is 13.4. The second-order valence-corrected chi connectivity index (χ2v) is 7.98. The van der Waals surface area contributed by atoms with E-state index in [-0.39, 0.29) is 5.54 Å². The number of aromatic nitrogens is 7. The van der Waals surface area contributed by atoms with E-state index in [9.17, 15) is 0 Å². The Morgan fingerprint density at radius 2 is 1.71 bits per heavy atom. The van der Waals surface area contributed by atoms with E-state index in [0.29, 0.717) is 17.4 Å². The Morgan fingerprint density at radius 3 is 2.36 bits per heavy atom. The standard InChI is InChI=1S/C20H21N7S/c1-20(2,3)27-17(21-19(28)24-27)12-13-8-10-14(11-9-13)15-6-4-5-7-16(15)18-22-25-26-23-18/h4-11H,12H2,1-3H3,(H,24,28)(H,22,23,25,26). The van der Waals surface area contributed by atoms with Crippen LogP contribution in [0.2, 0.25) is 0 Å². The van der Waals surface area contributed by atoms with Crippen molar-refractivity contribution in [1.82, 2.24) is 35.4 Å². The van der Waals surface area contributed by atoms with Gasteiger partial charge in [0.15, 0.2) is 5.82 Å². The third-order valence-corrected chi connectivity index (χ3v) is 4.64. The molecule has 0 radical (unpaired) electrons. The topological polar surface area (TPSA) is 85.2 Å². The van der Waals surface area contributed by atoms with Gasteiger partial charge in [-0.2, -0.15) is 0 Å². The van der Waals surface area contributed by atoms with E-state index in [1.165, 1.54) is 0 Å². The van der Waals surface area contributed by atoms with Crippen molar-refractivity contribution in [3.8, 4) is 22.5 Å². The fourth-order valence-corrected chi connectivity index (χ4v) is 3.39.